The molecule has 2 aliphatic heterocycles. The number of hydrogen-bond acceptors (Lipinski definition) is 5. The summed E-state index contributed by atoms with van der Waals surface area (Å²) in [5, 5.41) is 9.60. The van der Waals surface area contributed by atoms with Crippen molar-refractivity contribution in [2.75, 3.05) is 46.4 Å². The van der Waals surface area contributed by atoms with Crippen molar-refractivity contribution in [3.63, 3.8) is 0 Å². The molecule has 1 atom stereocenters. The van der Waals surface area contributed by atoms with E-state index in [1.165, 1.54) is 18.9 Å². The largest absolute Gasteiger partial charge is 0.497 e. The number of aliphatic hydroxyl groups excluding tert-OH is 1. The number of halogens is 1. The summed E-state index contributed by atoms with van der Waals surface area (Å²) in [5.41, 5.74) is 0.710. The van der Waals surface area contributed by atoms with Gasteiger partial charge in [-0.2, -0.15) is 0 Å². The zero-order chi connectivity index (χ0) is 20.1. The fraction of sp³-hybridized carbons (Fsp3) is 0.727. The first-order valence-corrected chi connectivity index (χ1v) is 10.7. The number of aliphatic hydroxyl groups is 1. The monoisotopic (exact) mass is 393 g/mol. The molecular formula is C22H36FN3O2. The van der Waals surface area contributed by atoms with Gasteiger partial charge in [-0.05, 0) is 52.3 Å². The molecule has 1 aromatic carbocycles. The number of nitrogens with zero attached hydrogens (tertiary/aromatic N) is 3. The van der Waals surface area contributed by atoms with E-state index in [2.05, 4.69) is 28.5 Å². The number of rotatable bonds is 7. The predicted octanol–water partition coefficient (Wildman–Crippen LogP) is 2.58. The molecule has 0 bridgehead atoms. The minimum Gasteiger partial charge on any atom is -0.497 e. The minimum atomic E-state index is -0.207. The van der Waals surface area contributed by atoms with Crippen LogP contribution in [-0.2, 0) is 6.54 Å². The van der Waals surface area contributed by atoms with E-state index in [0.29, 0.717) is 36.0 Å². The van der Waals surface area contributed by atoms with E-state index >= 15 is 0 Å². The highest BCUT2D eigenvalue weighted by Gasteiger charge is 2.34. The third-order valence-corrected chi connectivity index (χ3v) is 6.43. The normalized spacial score (nSPS) is 23.4. The standard InChI is InChI=1S/C22H36FN3O2/c1-17(2)25-9-6-19(7-10-25)26-12-11-24(16-20(26)8-13-27)15-18-4-5-21(28-3)14-22(18)23/h4-5,14,17,19-20,27H,6-13,15-16H2,1-3H3. The van der Waals surface area contributed by atoms with Gasteiger partial charge < -0.3 is 14.7 Å². The van der Waals surface area contributed by atoms with Crippen molar-refractivity contribution in [2.24, 2.45) is 0 Å². The minimum absolute atomic E-state index is 0.205. The van der Waals surface area contributed by atoms with Crippen molar-refractivity contribution < 1.29 is 14.2 Å². The lowest BCUT2D eigenvalue weighted by Gasteiger charge is -2.48. The molecule has 2 aliphatic rings. The zero-order valence-corrected chi connectivity index (χ0v) is 17.6. The Hall–Kier alpha value is -1.21. The molecule has 2 saturated heterocycles. The molecule has 3 rings (SSSR count). The second-order valence-corrected chi connectivity index (χ2v) is 8.46. The summed E-state index contributed by atoms with van der Waals surface area (Å²) < 4.78 is 19.4. The molecule has 6 heteroatoms. The quantitative estimate of drug-likeness (QED) is 0.771. The van der Waals surface area contributed by atoms with Crippen molar-refractivity contribution in [3.05, 3.63) is 29.6 Å². The van der Waals surface area contributed by atoms with Gasteiger partial charge in [-0.3, -0.25) is 9.80 Å². The molecule has 1 aromatic rings. The van der Waals surface area contributed by atoms with Crippen molar-refractivity contribution in [1.82, 2.24) is 14.7 Å². The number of hydrogen-bond donors (Lipinski definition) is 1. The molecule has 1 N–H and O–H groups in total. The second kappa shape index (κ2) is 10.0. The Morgan fingerprint density at radius 1 is 1.18 bits per heavy atom. The van der Waals surface area contributed by atoms with Crippen LogP contribution >= 0.6 is 0 Å². The number of ether oxygens (including phenoxy) is 1. The lowest BCUT2D eigenvalue weighted by atomic mass is 9.97. The summed E-state index contributed by atoms with van der Waals surface area (Å²) in [4.78, 5) is 7.50. The Bertz CT molecular complexity index is 620. The van der Waals surface area contributed by atoms with Crippen LogP contribution in [0.2, 0.25) is 0 Å². The van der Waals surface area contributed by atoms with Gasteiger partial charge in [0.05, 0.1) is 7.11 Å². The van der Waals surface area contributed by atoms with E-state index in [4.69, 9.17) is 4.74 Å². The lowest BCUT2D eigenvalue weighted by molar-refractivity contribution is -0.000291. The average Bonchev–Trinajstić information content (AvgIpc) is 2.70. The topological polar surface area (TPSA) is 39.2 Å². The van der Waals surface area contributed by atoms with E-state index in [1.807, 2.05) is 12.1 Å². The fourth-order valence-electron chi connectivity index (χ4n) is 4.72. The van der Waals surface area contributed by atoms with Crippen LogP contribution in [0.3, 0.4) is 0 Å². The van der Waals surface area contributed by atoms with Crippen LogP contribution in [0.4, 0.5) is 4.39 Å². The fourth-order valence-corrected chi connectivity index (χ4v) is 4.72. The summed E-state index contributed by atoms with van der Waals surface area (Å²) in [7, 11) is 1.55. The van der Waals surface area contributed by atoms with Crippen LogP contribution in [0.25, 0.3) is 0 Å². The van der Waals surface area contributed by atoms with Gasteiger partial charge in [-0.1, -0.05) is 6.07 Å². The van der Waals surface area contributed by atoms with Crippen molar-refractivity contribution in [3.8, 4) is 5.75 Å². The molecule has 5 nitrogen and oxygen atoms in total. The highest BCUT2D eigenvalue weighted by molar-refractivity contribution is 5.28. The van der Waals surface area contributed by atoms with Crippen LogP contribution in [0.1, 0.15) is 38.7 Å². The van der Waals surface area contributed by atoms with Crippen LogP contribution in [-0.4, -0.2) is 84.4 Å². The summed E-state index contributed by atoms with van der Waals surface area (Å²) in [5.74, 6) is 0.346. The maximum Gasteiger partial charge on any atom is 0.131 e. The molecule has 1 unspecified atom stereocenters. The molecular weight excluding hydrogens is 357 g/mol. The van der Waals surface area contributed by atoms with Gasteiger partial charge >= 0.3 is 0 Å². The summed E-state index contributed by atoms with van der Waals surface area (Å²) in [6.45, 7) is 10.5. The molecule has 158 valence electrons. The third kappa shape index (κ3) is 5.23. The maximum absolute atomic E-state index is 14.3. The average molecular weight is 394 g/mol. The van der Waals surface area contributed by atoms with Crippen LogP contribution < -0.4 is 4.74 Å². The van der Waals surface area contributed by atoms with Gasteiger partial charge in [0.2, 0.25) is 0 Å². The zero-order valence-electron chi connectivity index (χ0n) is 17.6. The number of piperazine rings is 1. The maximum atomic E-state index is 14.3. The number of likely N-dealkylation sites (tertiary alicyclic amines) is 1. The Morgan fingerprint density at radius 3 is 2.54 bits per heavy atom. The van der Waals surface area contributed by atoms with Crippen LogP contribution in [0.5, 0.6) is 5.75 Å². The second-order valence-electron chi connectivity index (χ2n) is 8.46. The molecule has 0 amide bonds. The first-order valence-electron chi connectivity index (χ1n) is 10.7. The molecule has 28 heavy (non-hydrogen) atoms. The smallest absolute Gasteiger partial charge is 0.131 e. The van der Waals surface area contributed by atoms with E-state index in [9.17, 15) is 9.50 Å². The number of piperidine rings is 1. The Balaban J connectivity index is 1.59. The van der Waals surface area contributed by atoms with Crippen molar-refractivity contribution >= 4 is 0 Å². The van der Waals surface area contributed by atoms with Crippen LogP contribution in [0.15, 0.2) is 18.2 Å². The van der Waals surface area contributed by atoms with Gasteiger partial charge in [-0.15, -0.1) is 0 Å². The van der Waals surface area contributed by atoms with Gasteiger partial charge in [0.1, 0.15) is 11.6 Å². The SMILES string of the molecule is COc1ccc(CN2CCN(C3CCN(C(C)C)CC3)C(CCO)C2)c(F)c1. The third-order valence-electron chi connectivity index (χ3n) is 6.43. The Kier molecular flexibility index (Phi) is 7.69. The summed E-state index contributed by atoms with van der Waals surface area (Å²) in [6, 6.07) is 6.66. The van der Waals surface area contributed by atoms with E-state index in [-0.39, 0.29) is 12.4 Å². The highest BCUT2D eigenvalue weighted by Crippen LogP contribution is 2.25. The van der Waals surface area contributed by atoms with Crippen molar-refractivity contribution in [1.29, 1.82) is 0 Å². The predicted molar refractivity (Wildman–Crippen MR) is 110 cm³/mol. The number of benzene rings is 1. The molecule has 2 fully saturated rings. The van der Waals surface area contributed by atoms with Gasteiger partial charge in [0.15, 0.2) is 0 Å². The van der Waals surface area contributed by atoms with E-state index in [0.717, 1.165) is 39.1 Å². The van der Waals surface area contributed by atoms with E-state index in [1.54, 1.807) is 7.11 Å². The molecule has 0 saturated carbocycles. The molecule has 0 spiro atoms. The molecule has 0 radical (unpaired) electrons. The molecule has 0 aliphatic carbocycles. The van der Waals surface area contributed by atoms with E-state index < -0.39 is 0 Å². The van der Waals surface area contributed by atoms with Crippen molar-refractivity contribution in [2.45, 2.75) is 57.8 Å². The van der Waals surface area contributed by atoms with Gasteiger partial charge in [0, 0.05) is 62.5 Å². The Labute approximate surface area is 169 Å². The van der Waals surface area contributed by atoms with Gasteiger partial charge in [-0.25, -0.2) is 4.39 Å². The summed E-state index contributed by atoms with van der Waals surface area (Å²) >= 11 is 0. The number of methoxy groups -OCH3 is 1. The molecule has 0 aromatic heterocycles. The Morgan fingerprint density at radius 2 is 1.93 bits per heavy atom. The summed E-state index contributed by atoms with van der Waals surface area (Å²) in [6.07, 6.45) is 3.19. The van der Waals surface area contributed by atoms with Gasteiger partial charge in [0.25, 0.3) is 0 Å². The lowest BCUT2D eigenvalue weighted by Crippen LogP contribution is -2.58. The first-order chi connectivity index (χ1) is 13.5. The van der Waals surface area contributed by atoms with Crippen LogP contribution in [0, 0.1) is 5.82 Å². The highest BCUT2D eigenvalue weighted by atomic mass is 19.1. The first kappa shape index (κ1) is 21.5. The molecule has 2 heterocycles.